The molecule has 1 aliphatic heterocycles. The zero-order chi connectivity index (χ0) is 19.6. The van der Waals surface area contributed by atoms with E-state index in [2.05, 4.69) is 15.4 Å². The lowest BCUT2D eigenvalue weighted by atomic mass is 9.98. The minimum absolute atomic E-state index is 0.129. The molecule has 0 aromatic carbocycles. The fourth-order valence-electron chi connectivity index (χ4n) is 2.86. The van der Waals surface area contributed by atoms with Crippen LogP contribution in [0.5, 0.6) is 0 Å². The SMILES string of the molecule is CCOC(C)n1cc(C2N=CNc3c2ccn3COC(=O)C(C)(C)C)cn1. The van der Waals surface area contributed by atoms with Crippen molar-refractivity contribution in [2.24, 2.45) is 10.4 Å². The van der Waals surface area contributed by atoms with E-state index in [1.165, 1.54) is 0 Å². The molecule has 0 fully saturated rings. The summed E-state index contributed by atoms with van der Waals surface area (Å²) in [7, 11) is 0. The molecule has 1 N–H and O–H groups in total. The third kappa shape index (κ3) is 4.05. The van der Waals surface area contributed by atoms with E-state index in [9.17, 15) is 4.79 Å². The molecule has 0 amide bonds. The van der Waals surface area contributed by atoms with Crippen LogP contribution in [0.3, 0.4) is 0 Å². The molecule has 2 atom stereocenters. The number of rotatable bonds is 6. The lowest BCUT2D eigenvalue weighted by molar-refractivity contribution is -0.156. The first-order valence-corrected chi connectivity index (χ1v) is 9.11. The summed E-state index contributed by atoms with van der Waals surface area (Å²) in [5.41, 5.74) is 1.45. The standard InChI is InChI=1S/C19H27N5O3/c1-6-26-13(2)24-10-14(9-22-24)16-15-7-8-23(17(15)21-11-20-16)12-27-18(25)19(3,4)5/h7-11,13,16H,6,12H2,1-5H3,(H,20,21). The van der Waals surface area contributed by atoms with Crippen molar-refractivity contribution in [2.45, 2.75) is 53.6 Å². The van der Waals surface area contributed by atoms with E-state index in [0.717, 1.165) is 16.9 Å². The van der Waals surface area contributed by atoms with Crippen molar-refractivity contribution in [3.63, 3.8) is 0 Å². The molecule has 3 rings (SSSR count). The molecule has 0 spiro atoms. The average Bonchev–Trinajstić information content (AvgIpc) is 3.26. The van der Waals surface area contributed by atoms with E-state index >= 15 is 0 Å². The second-order valence-corrected chi connectivity index (χ2v) is 7.53. The van der Waals surface area contributed by atoms with Crippen LogP contribution in [0.1, 0.15) is 58.0 Å². The molecule has 0 saturated carbocycles. The maximum Gasteiger partial charge on any atom is 0.312 e. The van der Waals surface area contributed by atoms with E-state index in [1.807, 2.05) is 63.8 Å². The number of hydrogen-bond acceptors (Lipinski definition) is 6. The van der Waals surface area contributed by atoms with E-state index in [-0.39, 0.29) is 25.0 Å². The van der Waals surface area contributed by atoms with Gasteiger partial charge in [-0.05, 0) is 40.7 Å². The number of fused-ring (bicyclic) bond motifs is 1. The number of carbonyl (C=O) groups is 1. The highest BCUT2D eigenvalue weighted by Crippen LogP contribution is 2.35. The highest BCUT2D eigenvalue weighted by atomic mass is 16.5. The first-order chi connectivity index (χ1) is 12.8. The molecular formula is C19H27N5O3. The van der Waals surface area contributed by atoms with Crippen molar-refractivity contribution in [3.8, 4) is 0 Å². The largest absolute Gasteiger partial charge is 0.443 e. The molecule has 3 heterocycles. The number of nitrogens with zero attached hydrogens (tertiary/aromatic N) is 4. The molecule has 27 heavy (non-hydrogen) atoms. The van der Waals surface area contributed by atoms with Gasteiger partial charge in [-0.2, -0.15) is 5.10 Å². The van der Waals surface area contributed by atoms with Crippen LogP contribution in [-0.4, -0.2) is 33.3 Å². The number of hydrogen-bond donors (Lipinski definition) is 1. The number of carbonyl (C=O) groups excluding carboxylic acids is 1. The van der Waals surface area contributed by atoms with Gasteiger partial charge in [-0.25, -0.2) is 4.68 Å². The minimum Gasteiger partial charge on any atom is -0.443 e. The predicted octanol–water partition coefficient (Wildman–Crippen LogP) is 3.33. The molecule has 8 nitrogen and oxygen atoms in total. The van der Waals surface area contributed by atoms with Crippen LogP contribution in [0, 0.1) is 5.41 Å². The Balaban J connectivity index is 1.77. The highest BCUT2D eigenvalue weighted by Gasteiger charge is 2.26. The Morgan fingerprint density at radius 2 is 2.19 bits per heavy atom. The summed E-state index contributed by atoms with van der Waals surface area (Å²) in [6.45, 7) is 10.2. The molecule has 1 aliphatic rings. The first-order valence-electron chi connectivity index (χ1n) is 9.11. The summed E-state index contributed by atoms with van der Waals surface area (Å²) >= 11 is 0. The Kier molecular flexibility index (Phi) is 5.36. The third-order valence-corrected chi connectivity index (χ3v) is 4.38. The zero-order valence-electron chi connectivity index (χ0n) is 16.5. The smallest absolute Gasteiger partial charge is 0.312 e. The molecule has 0 aliphatic carbocycles. The first kappa shape index (κ1) is 19.2. The summed E-state index contributed by atoms with van der Waals surface area (Å²) in [5.74, 6) is 0.625. The Bertz CT molecular complexity index is 831. The van der Waals surface area contributed by atoms with Gasteiger partial charge in [0.2, 0.25) is 0 Å². The topological polar surface area (TPSA) is 82.7 Å². The maximum absolute atomic E-state index is 12.0. The van der Waals surface area contributed by atoms with Gasteiger partial charge in [-0.15, -0.1) is 0 Å². The van der Waals surface area contributed by atoms with Crippen LogP contribution < -0.4 is 5.32 Å². The summed E-state index contributed by atoms with van der Waals surface area (Å²) < 4.78 is 14.7. The van der Waals surface area contributed by atoms with Crippen LogP contribution in [0.2, 0.25) is 0 Å². The van der Waals surface area contributed by atoms with Gasteiger partial charge in [0.25, 0.3) is 0 Å². The maximum atomic E-state index is 12.0. The lowest BCUT2D eigenvalue weighted by Gasteiger charge is -2.21. The third-order valence-electron chi connectivity index (χ3n) is 4.38. The van der Waals surface area contributed by atoms with Crippen molar-refractivity contribution in [1.82, 2.24) is 14.3 Å². The van der Waals surface area contributed by atoms with Gasteiger partial charge in [0.1, 0.15) is 18.1 Å². The number of aliphatic imine (C=N–C) groups is 1. The molecule has 8 heteroatoms. The molecule has 2 unspecified atom stereocenters. The predicted molar refractivity (Wildman–Crippen MR) is 103 cm³/mol. The summed E-state index contributed by atoms with van der Waals surface area (Å²) in [4.78, 5) is 16.6. The van der Waals surface area contributed by atoms with E-state index in [0.29, 0.717) is 6.61 Å². The Morgan fingerprint density at radius 3 is 2.89 bits per heavy atom. The van der Waals surface area contributed by atoms with Crippen LogP contribution >= 0.6 is 0 Å². The monoisotopic (exact) mass is 373 g/mol. The molecule has 0 radical (unpaired) electrons. The normalized spacial score (nSPS) is 17.3. The fourth-order valence-corrected chi connectivity index (χ4v) is 2.86. The van der Waals surface area contributed by atoms with Crippen molar-refractivity contribution < 1.29 is 14.3 Å². The summed E-state index contributed by atoms with van der Waals surface area (Å²) in [5, 5.41) is 7.55. The Hall–Kier alpha value is -2.61. The summed E-state index contributed by atoms with van der Waals surface area (Å²) in [6.07, 6.45) is 7.19. The number of ether oxygens (including phenoxy) is 2. The lowest BCUT2D eigenvalue weighted by Crippen LogP contribution is -2.24. The number of esters is 1. The number of nitrogens with one attached hydrogen (secondary N) is 1. The second-order valence-electron chi connectivity index (χ2n) is 7.53. The molecule has 0 saturated heterocycles. The van der Waals surface area contributed by atoms with Crippen LogP contribution in [0.25, 0.3) is 0 Å². The zero-order valence-corrected chi connectivity index (χ0v) is 16.5. The highest BCUT2D eigenvalue weighted by molar-refractivity contribution is 5.80. The summed E-state index contributed by atoms with van der Waals surface area (Å²) in [6, 6.07) is 1.82. The van der Waals surface area contributed by atoms with E-state index < -0.39 is 5.41 Å². The van der Waals surface area contributed by atoms with Crippen molar-refractivity contribution in [2.75, 3.05) is 11.9 Å². The van der Waals surface area contributed by atoms with Gasteiger partial charge in [-0.3, -0.25) is 9.79 Å². The van der Waals surface area contributed by atoms with Crippen LogP contribution in [0.4, 0.5) is 5.82 Å². The van der Waals surface area contributed by atoms with Gasteiger partial charge in [0.15, 0.2) is 6.73 Å². The van der Waals surface area contributed by atoms with Gasteiger partial charge in [0, 0.05) is 30.1 Å². The van der Waals surface area contributed by atoms with Crippen LogP contribution in [0.15, 0.2) is 29.6 Å². The Morgan fingerprint density at radius 1 is 1.41 bits per heavy atom. The molecule has 146 valence electrons. The van der Waals surface area contributed by atoms with E-state index in [1.54, 1.807) is 11.0 Å². The van der Waals surface area contributed by atoms with E-state index in [4.69, 9.17) is 9.47 Å². The average molecular weight is 373 g/mol. The van der Waals surface area contributed by atoms with Gasteiger partial charge in [0.05, 0.1) is 18.0 Å². The van der Waals surface area contributed by atoms with Gasteiger partial charge >= 0.3 is 5.97 Å². The molecule has 0 bridgehead atoms. The van der Waals surface area contributed by atoms with Crippen molar-refractivity contribution >= 4 is 18.1 Å². The van der Waals surface area contributed by atoms with Crippen molar-refractivity contribution in [1.29, 1.82) is 0 Å². The van der Waals surface area contributed by atoms with Gasteiger partial charge < -0.3 is 19.4 Å². The molecule has 2 aromatic heterocycles. The second kappa shape index (κ2) is 7.56. The quantitative estimate of drug-likeness (QED) is 0.786. The molecular weight excluding hydrogens is 346 g/mol. The number of anilines is 1. The Labute approximate surface area is 159 Å². The molecule has 2 aromatic rings. The van der Waals surface area contributed by atoms with Gasteiger partial charge in [-0.1, -0.05) is 0 Å². The fraction of sp³-hybridized carbons (Fsp3) is 0.526. The number of aromatic nitrogens is 3. The van der Waals surface area contributed by atoms with Crippen molar-refractivity contribution in [3.05, 3.63) is 35.8 Å². The minimum atomic E-state index is -0.531. The van der Waals surface area contributed by atoms with Crippen LogP contribution in [-0.2, 0) is 21.0 Å².